The number of carboxylic acids is 4. The number of fused-ring (bicyclic) bond motifs is 2. The Morgan fingerprint density at radius 2 is 1.30 bits per heavy atom. The third-order valence-corrected chi connectivity index (χ3v) is 5.12. The van der Waals surface area contributed by atoms with Gasteiger partial charge in [0, 0.05) is 85.6 Å². The van der Waals surface area contributed by atoms with Crippen LogP contribution in [0.1, 0.15) is 24.2 Å². The van der Waals surface area contributed by atoms with Gasteiger partial charge in [0.2, 0.25) is 0 Å². The summed E-state index contributed by atoms with van der Waals surface area (Å²) in [4.78, 5) is 54.9. The molecular formula is C20H28GdN4O8. The number of pyridine rings is 1. The minimum atomic E-state index is -1.18. The Hall–Kier alpha value is -1.77. The largest absolute Gasteiger partial charge is 0.481 e. The van der Waals surface area contributed by atoms with Crippen LogP contribution in [0.2, 0.25) is 0 Å². The Balaban J connectivity index is 0.00000544. The van der Waals surface area contributed by atoms with Crippen molar-refractivity contribution in [2.24, 2.45) is 0 Å². The van der Waals surface area contributed by atoms with Crippen LogP contribution in [-0.2, 0) is 32.3 Å². The molecule has 12 nitrogen and oxygen atoms in total. The average Bonchev–Trinajstić information content (AvgIpc) is 2.67. The van der Waals surface area contributed by atoms with Gasteiger partial charge in [-0.05, 0) is 18.6 Å². The molecule has 1 aliphatic rings. The zero-order valence-electron chi connectivity index (χ0n) is 17.9. The van der Waals surface area contributed by atoms with Gasteiger partial charge in [0.1, 0.15) is 6.04 Å². The van der Waals surface area contributed by atoms with Gasteiger partial charge in [0.05, 0.1) is 24.5 Å². The molecule has 0 spiro atoms. The van der Waals surface area contributed by atoms with E-state index in [1.54, 1.807) is 32.9 Å². The topological polar surface area (TPSA) is 172 Å². The molecule has 2 heterocycles. The summed E-state index contributed by atoms with van der Waals surface area (Å²) in [6, 6.07) is 4.18. The summed E-state index contributed by atoms with van der Waals surface area (Å²) >= 11 is 0. The fourth-order valence-electron chi connectivity index (χ4n) is 3.66. The number of hydrogen-bond donors (Lipinski definition) is 4. The van der Waals surface area contributed by atoms with Crippen molar-refractivity contribution in [3.8, 4) is 0 Å². The Kier molecular flexibility index (Phi) is 12.8. The van der Waals surface area contributed by atoms with Crippen molar-refractivity contribution in [1.82, 2.24) is 19.7 Å². The van der Waals surface area contributed by atoms with Crippen molar-refractivity contribution in [3.63, 3.8) is 0 Å². The Morgan fingerprint density at radius 1 is 0.818 bits per heavy atom. The van der Waals surface area contributed by atoms with E-state index in [2.05, 4.69) is 4.98 Å². The number of nitrogens with zero attached hydrogens (tertiary/aromatic N) is 4. The van der Waals surface area contributed by atoms with Crippen molar-refractivity contribution >= 4 is 23.9 Å². The number of carbonyl (C=O) groups is 4. The monoisotopic (exact) mass is 610 g/mol. The fourth-order valence-corrected chi connectivity index (χ4v) is 3.66. The minimum absolute atomic E-state index is 0. The second-order valence-electron chi connectivity index (χ2n) is 7.65. The first-order valence-corrected chi connectivity index (χ1v) is 10.2. The molecule has 0 aromatic carbocycles. The summed E-state index contributed by atoms with van der Waals surface area (Å²) in [5.41, 5.74) is 1.23. The van der Waals surface area contributed by atoms with E-state index in [-0.39, 0.29) is 105 Å². The summed E-state index contributed by atoms with van der Waals surface area (Å²) < 4.78 is 0. The van der Waals surface area contributed by atoms with Crippen LogP contribution in [0.4, 0.5) is 0 Å². The van der Waals surface area contributed by atoms with E-state index in [0.717, 1.165) is 0 Å². The summed E-state index contributed by atoms with van der Waals surface area (Å²) in [5, 5.41) is 37.2. The van der Waals surface area contributed by atoms with Crippen LogP contribution >= 0.6 is 0 Å². The van der Waals surface area contributed by atoms with Crippen molar-refractivity contribution in [3.05, 3.63) is 29.6 Å². The maximum absolute atomic E-state index is 11.9. The Bertz CT molecular complexity index is 795. The molecule has 0 amide bonds. The number of hydrogen-bond acceptors (Lipinski definition) is 8. The standard InChI is InChI=1S/C20H28N4O8.Gd/c25-17(26)5-4-16(20(31)32)24-8-6-22(12-18(27)28)10-14-2-1-3-15(21-14)11-23(7-9-24)13-19(29)30;/h1-3,16H,4-13H2,(H,25,26)(H,27,28)(H,29,30)(H,31,32);. The van der Waals surface area contributed by atoms with Crippen LogP contribution in [-0.4, -0.2) is 109 Å². The molecule has 1 aromatic heterocycles. The summed E-state index contributed by atoms with van der Waals surface area (Å²) in [7, 11) is 0. The number of aliphatic carboxylic acids is 4. The minimum Gasteiger partial charge on any atom is -0.481 e. The van der Waals surface area contributed by atoms with E-state index in [1.807, 2.05) is 0 Å². The van der Waals surface area contributed by atoms with Gasteiger partial charge in [-0.3, -0.25) is 38.9 Å². The smallest absolute Gasteiger partial charge is 0.320 e. The molecule has 0 aliphatic carbocycles. The van der Waals surface area contributed by atoms with Gasteiger partial charge in [-0.25, -0.2) is 0 Å². The number of rotatable bonds is 9. The number of aromatic nitrogens is 1. The zero-order chi connectivity index (χ0) is 23.7. The first kappa shape index (κ1) is 29.3. The molecular weight excluding hydrogens is 581 g/mol. The first-order chi connectivity index (χ1) is 15.1. The molecule has 1 aromatic rings. The second-order valence-corrected chi connectivity index (χ2v) is 7.65. The van der Waals surface area contributed by atoms with Gasteiger partial charge < -0.3 is 20.4 Å². The Labute approximate surface area is 222 Å². The summed E-state index contributed by atoms with van der Waals surface area (Å²) in [5.74, 6) is -4.36. The predicted molar refractivity (Wildman–Crippen MR) is 110 cm³/mol. The maximum atomic E-state index is 11.9. The molecule has 0 fully saturated rings. The average molecular weight is 610 g/mol. The predicted octanol–water partition coefficient (Wildman–Crippen LogP) is -0.512. The van der Waals surface area contributed by atoms with E-state index in [4.69, 9.17) is 5.11 Å². The van der Waals surface area contributed by atoms with Crippen LogP contribution in [0.3, 0.4) is 0 Å². The molecule has 0 saturated heterocycles. The van der Waals surface area contributed by atoms with Gasteiger partial charge in [0.25, 0.3) is 0 Å². The van der Waals surface area contributed by atoms with Crippen LogP contribution in [0.25, 0.3) is 0 Å². The van der Waals surface area contributed by atoms with E-state index in [9.17, 15) is 34.5 Å². The maximum Gasteiger partial charge on any atom is 0.320 e. The third-order valence-electron chi connectivity index (χ3n) is 5.12. The third kappa shape index (κ3) is 10.8. The van der Waals surface area contributed by atoms with Crippen molar-refractivity contribution in [2.45, 2.75) is 32.0 Å². The molecule has 0 radical (unpaired) electrons. The van der Waals surface area contributed by atoms with Crippen LogP contribution < -0.4 is 0 Å². The second kappa shape index (κ2) is 14.5. The molecule has 2 bridgehead atoms. The van der Waals surface area contributed by atoms with Crippen LogP contribution in [0, 0.1) is 39.9 Å². The summed E-state index contributed by atoms with van der Waals surface area (Å²) in [6.07, 6.45) is -0.456. The number of carboxylic acid groups (broad SMARTS) is 4. The van der Waals surface area contributed by atoms with E-state index in [0.29, 0.717) is 11.4 Å². The molecule has 4 N–H and O–H groups in total. The van der Waals surface area contributed by atoms with E-state index in [1.165, 1.54) is 0 Å². The summed E-state index contributed by atoms with van der Waals surface area (Å²) in [6.45, 7) is 0.686. The van der Waals surface area contributed by atoms with Gasteiger partial charge in [0.15, 0.2) is 0 Å². The van der Waals surface area contributed by atoms with E-state index >= 15 is 0 Å². The normalized spacial score (nSPS) is 17.1. The van der Waals surface area contributed by atoms with Crippen molar-refractivity contribution in [2.75, 3.05) is 39.3 Å². The van der Waals surface area contributed by atoms with E-state index < -0.39 is 29.9 Å². The molecule has 0 saturated carbocycles. The van der Waals surface area contributed by atoms with Gasteiger partial charge in [-0.2, -0.15) is 0 Å². The SMILES string of the molecule is O=C(O)CCC(C(=O)O)N1CCN(CC(=O)O)Cc2cccc(n2)CN(CC(=O)O)CC1.[Gd]. The van der Waals surface area contributed by atoms with Gasteiger partial charge in [-0.1, -0.05) is 6.07 Å². The molecule has 1 unspecified atom stereocenters. The molecule has 1 aliphatic heterocycles. The molecule has 13 heteroatoms. The van der Waals surface area contributed by atoms with Crippen LogP contribution in [0.5, 0.6) is 0 Å². The van der Waals surface area contributed by atoms with Gasteiger partial charge >= 0.3 is 23.9 Å². The molecule has 1 atom stereocenters. The fraction of sp³-hybridized carbons (Fsp3) is 0.550. The van der Waals surface area contributed by atoms with Crippen molar-refractivity contribution in [1.29, 1.82) is 0 Å². The van der Waals surface area contributed by atoms with Crippen LogP contribution in [0.15, 0.2) is 18.2 Å². The first-order valence-electron chi connectivity index (χ1n) is 10.2. The Morgan fingerprint density at radius 3 is 1.70 bits per heavy atom. The van der Waals surface area contributed by atoms with Gasteiger partial charge in [-0.15, -0.1) is 0 Å². The quantitative estimate of drug-likeness (QED) is 0.283. The molecule has 33 heavy (non-hydrogen) atoms. The molecule has 184 valence electrons. The van der Waals surface area contributed by atoms with Crippen molar-refractivity contribution < 1.29 is 79.5 Å². The molecule has 2 rings (SSSR count). The zero-order valence-corrected chi connectivity index (χ0v) is 20.2.